The van der Waals surface area contributed by atoms with E-state index in [1.54, 1.807) is 12.3 Å². The zero-order valence-corrected chi connectivity index (χ0v) is 24.2. The second-order valence-electron chi connectivity index (χ2n) is 10.8. The van der Waals surface area contributed by atoms with Crippen LogP contribution in [0.3, 0.4) is 0 Å². The molecule has 2 aromatic heterocycles. The second kappa shape index (κ2) is 13.1. The third-order valence-corrected chi connectivity index (χ3v) is 6.62. The van der Waals surface area contributed by atoms with Gasteiger partial charge in [-0.3, -0.25) is 9.78 Å². The van der Waals surface area contributed by atoms with Gasteiger partial charge < -0.3 is 19.4 Å². The number of rotatable bonds is 11. The highest BCUT2D eigenvalue weighted by molar-refractivity contribution is 6.35. The largest absolute Gasteiger partial charge is 0.458 e. The Labute approximate surface area is 230 Å². The van der Waals surface area contributed by atoms with Gasteiger partial charge in [-0.15, -0.1) is 0 Å². The quantitative estimate of drug-likeness (QED) is 0.267. The topological polar surface area (TPSA) is 84.7 Å². The van der Waals surface area contributed by atoms with Crippen LogP contribution in [0.25, 0.3) is 22.2 Å². The highest BCUT2D eigenvalue weighted by atomic mass is 35.5. The minimum absolute atomic E-state index is 0.0144. The number of carbonyl (C=O) groups is 2. The number of nitrogens with zero attached hydrogens (tertiary/aromatic N) is 2. The van der Waals surface area contributed by atoms with Crippen molar-refractivity contribution in [2.75, 3.05) is 13.1 Å². The summed E-state index contributed by atoms with van der Waals surface area (Å²) in [5.41, 5.74) is 2.06. The van der Waals surface area contributed by atoms with E-state index >= 15 is 0 Å². The molecule has 8 heteroatoms. The van der Waals surface area contributed by atoms with E-state index in [2.05, 4.69) is 31.1 Å². The third-order valence-electron chi connectivity index (χ3n) is 6.34. The Balaban J connectivity index is 1.71. The average molecular weight is 542 g/mol. The molecular formula is C30H40ClN3O4. The molecule has 1 unspecified atom stereocenters. The predicted molar refractivity (Wildman–Crippen MR) is 152 cm³/mol. The minimum Gasteiger partial charge on any atom is -0.458 e. The van der Waals surface area contributed by atoms with E-state index < -0.39 is 11.7 Å². The molecule has 2 amide bonds. The lowest BCUT2D eigenvalue weighted by molar-refractivity contribution is 0.0519. The molecule has 38 heavy (non-hydrogen) atoms. The number of amides is 2. The molecule has 0 fully saturated rings. The number of alkyl carbamates (subject to hydrolysis) is 1. The number of nitrogens with one attached hydrogen (secondary N) is 1. The van der Waals surface area contributed by atoms with Gasteiger partial charge in [-0.25, -0.2) is 4.79 Å². The first-order valence-corrected chi connectivity index (χ1v) is 13.8. The number of hydrogen-bond donors (Lipinski definition) is 1. The average Bonchev–Trinajstić information content (AvgIpc) is 3.29. The maximum atomic E-state index is 13.2. The van der Waals surface area contributed by atoms with Crippen molar-refractivity contribution in [3.63, 3.8) is 0 Å². The molecule has 3 rings (SSSR count). The van der Waals surface area contributed by atoms with Crippen molar-refractivity contribution in [2.24, 2.45) is 5.92 Å². The molecule has 0 aliphatic heterocycles. The lowest BCUT2D eigenvalue weighted by Crippen LogP contribution is -2.33. The van der Waals surface area contributed by atoms with Crippen molar-refractivity contribution in [3.05, 3.63) is 52.9 Å². The summed E-state index contributed by atoms with van der Waals surface area (Å²) in [6, 6.07) is 9.23. The van der Waals surface area contributed by atoms with Crippen LogP contribution in [-0.2, 0) is 11.3 Å². The number of ether oxygens (including phenoxy) is 1. The second-order valence-corrected chi connectivity index (χ2v) is 11.2. The van der Waals surface area contributed by atoms with Gasteiger partial charge in [0, 0.05) is 30.2 Å². The van der Waals surface area contributed by atoms with E-state index in [0.29, 0.717) is 33.5 Å². The maximum absolute atomic E-state index is 13.2. The van der Waals surface area contributed by atoms with Gasteiger partial charge in [-0.05, 0) is 76.3 Å². The zero-order chi connectivity index (χ0) is 27.9. The van der Waals surface area contributed by atoms with E-state index in [9.17, 15) is 9.59 Å². The van der Waals surface area contributed by atoms with Crippen LogP contribution in [0, 0.1) is 5.92 Å². The monoisotopic (exact) mass is 541 g/mol. The molecule has 0 radical (unpaired) electrons. The highest BCUT2D eigenvalue weighted by Crippen LogP contribution is 2.32. The van der Waals surface area contributed by atoms with Crippen LogP contribution in [0.1, 0.15) is 83.3 Å². The Morgan fingerprint density at radius 3 is 2.55 bits per heavy atom. The molecule has 2 heterocycles. The molecule has 0 bridgehead atoms. The number of halogens is 1. The van der Waals surface area contributed by atoms with Gasteiger partial charge in [0.1, 0.15) is 11.4 Å². The van der Waals surface area contributed by atoms with Crippen molar-refractivity contribution >= 4 is 34.6 Å². The van der Waals surface area contributed by atoms with Crippen LogP contribution in [0.4, 0.5) is 4.79 Å². The number of pyridine rings is 1. The van der Waals surface area contributed by atoms with Crippen molar-refractivity contribution < 1.29 is 18.7 Å². The Bertz CT molecular complexity index is 1230. The molecule has 7 nitrogen and oxygen atoms in total. The standard InChI is InChI=1S/C30H40ClN3O4/c1-7-13-34(14-9-10-20(3)8-2)28(35)21-11-12-26(32-18-21)22-15-23-16-24(37-27(23)25(31)17-22)19-33-29(36)38-30(4,5)6/h11-12,15-18,20H,7-10,13-14,19H2,1-6H3,(H,33,36). The van der Waals surface area contributed by atoms with Gasteiger partial charge in [0.15, 0.2) is 5.58 Å². The van der Waals surface area contributed by atoms with Crippen LogP contribution in [-0.4, -0.2) is 40.6 Å². The summed E-state index contributed by atoms with van der Waals surface area (Å²) in [5.74, 6) is 1.25. The summed E-state index contributed by atoms with van der Waals surface area (Å²) >= 11 is 6.52. The summed E-state index contributed by atoms with van der Waals surface area (Å²) in [5, 5.41) is 3.93. The maximum Gasteiger partial charge on any atom is 0.408 e. The van der Waals surface area contributed by atoms with Crippen LogP contribution in [0.5, 0.6) is 0 Å². The Kier molecular flexibility index (Phi) is 10.2. The van der Waals surface area contributed by atoms with Crippen LogP contribution < -0.4 is 5.32 Å². The summed E-state index contributed by atoms with van der Waals surface area (Å²) < 4.78 is 11.1. The third kappa shape index (κ3) is 8.22. The van der Waals surface area contributed by atoms with Crippen molar-refractivity contribution in [2.45, 2.75) is 79.4 Å². The SMILES string of the molecule is CCCN(CCCC(C)CC)C(=O)c1ccc(-c2cc(Cl)c3oc(CNC(=O)OC(C)(C)C)cc3c2)nc1. The first-order valence-electron chi connectivity index (χ1n) is 13.4. The van der Waals surface area contributed by atoms with Gasteiger partial charge in [0.05, 0.1) is 22.8 Å². The van der Waals surface area contributed by atoms with Gasteiger partial charge >= 0.3 is 6.09 Å². The summed E-state index contributed by atoms with van der Waals surface area (Å²) in [6.45, 7) is 13.6. The molecule has 0 saturated heterocycles. The number of fused-ring (bicyclic) bond motifs is 1. The number of benzene rings is 1. The van der Waals surface area contributed by atoms with Crippen LogP contribution >= 0.6 is 11.6 Å². The van der Waals surface area contributed by atoms with Crippen LogP contribution in [0.15, 0.2) is 40.9 Å². The van der Waals surface area contributed by atoms with Gasteiger partial charge in [-0.1, -0.05) is 38.8 Å². The Morgan fingerprint density at radius 2 is 1.92 bits per heavy atom. The predicted octanol–water partition coefficient (Wildman–Crippen LogP) is 7.85. The molecule has 206 valence electrons. The summed E-state index contributed by atoms with van der Waals surface area (Å²) in [6.07, 6.45) is 5.32. The molecule has 0 saturated carbocycles. The Hall–Kier alpha value is -3.06. The summed E-state index contributed by atoms with van der Waals surface area (Å²) in [7, 11) is 0. The van der Waals surface area contributed by atoms with Crippen LogP contribution in [0.2, 0.25) is 5.02 Å². The molecule has 1 atom stereocenters. The van der Waals surface area contributed by atoms with E-state index in [1.165, 1.54) is 0 Å². The molecule has 3 aromatic rings. The van der Waals surface area contributed by atoms with Crippen molar-refractivity contribution in [1.29, 1.82) is 0 Å². The molecule has 1 aromatic carbocycles. The van der Waals surface area contributed by atoms with Gasteiger partial charge in [-0.2, -0.15) is 0 Å². The van der Waals surface area contributed by atoms with Gasteiger partial charge in [0.25, 0.3) is 5.91 Å². The van der Waals surface area contributed by atoms with E-state index in [-0.39, 0.29) is 12.5 Å². The minimum atomic E-state index is -0.578. The van der Waals surface area contributed by atoms with Crippen molar-refractivity contribution in [3.8, 4) is 11.3 Å². The lowest BCUT2D eigenvalue weighted by atomic mass is 10.0. The fourth-order valence-corrected chi connectivity index (χ4v) is 4.43. The fourth-order valence-electron chi connectivity index (χ4n) is 4.17. The molecule has 1 N–H and O–H groups in total. The number of furan rings is 1. The van der Waals surface area contributed by atoms with E-state index in [0.717, 1.165) is 49.7 Å². The number of hydrogen-bond acceptors (Lipinski definition) is 5. The highest BCUT2D eigenvalue weighted by Gasteiger charge is 2.18. The molecule has 0 aliphatic carbocycles. The molecule has 0 aliphatic rings. The lowest BCUT2D eigenvalue weighted by Gasteiger charge is -2.23. The normalized spacial score (nSPS) is 12.4. The Morgan fingerprint density at radius 1 is 1.16 bits per heavy atom. The van der Waals surface area contributed by atoms with E-state index in [1.807, 2.05) is 49.9 Å². The van der Waals surface area contributed by atoms with E-state index in [4.69, 9.17) is 20.8 Å². The number of aromatic nitrogens is 1. The number of carbonyl (C=O) groups excluding carboxylic acids is 2. The molecule has 0 spiro atoms. The molecular weight excluding hydrogens is 502 g/mol. The first-order chi connectivity index (χ1) is 18.0. The smallest absolute Gasteiger partial charge is 0.408 e. The first kappa shape index (κ1) is 29.5. The van der Waals surface area contributed by atoms with Gasteiger partial charge in [0.2, 0.25) is 0 Å². The zero-order valence-electron chi connectivity index (χ0n) is 23.4. The fraction of sp³-hybridized carbons (Fsp3) is 0.500. The summed E-state index contributed by atoms with van der Waals surface area (Å²) in [4.78, 5) is 31.6. The van der Waals surface area contributed by atoms with Crippen molar-refractivity contribution in [1.82, 2.24) is 15.2 Å².